The lowest BCUT2D eigenvalue weighted by atomic mass is 10.2. The number of carbonyl (C=O) groups is 1. The Hall–Kier alpha value is -2.61. The summed E-state index contributed by atoms with van der Waals surface area (Å²) < 4.78 is 24.6. The highest BCUT2D eigenvalue weighted by Crippen LogP contribution is 2.17. The molecular weight excluding hydrogens is 358 g/mol. The fraction of sp³-hybridized carbons (Fsp3) is 0.222. The molecule has 1 amide bonds. The standard InChI is InChI=1S/C12H9F2N3O.C6H11NS/c13-11(14)8-1-2-10(16-7-8)12(18)17-9-3-5-15-6-4-9;1-4-6(2)8-5-7-3/h1-7,11H,(H,15,17,18);5H,2,4H2,1,3H3. The van der Waals surface area contributed by atoms with Gasteiger partial charge in [0.15, 0.2) is 0 Å². The number of anilines is 1. The van der Waals surface area contributed by atoms with Gasteiger partial charge in [-0.05, 0) is 35.6 Å². The Bertz CT molecular complexity index is 722. The van der Waals surface area contributed by atoms with E-state index >= 15 is 0 Å². The fourth-order valence-electron chi connectivity index (χ4n) is 1.51. The number of allylic oxidation sites excluding steroid dienone is 1. The smallest absolute Gasteiger partial charge is 0.274 e. The van der Waals surface area contributed by atoms with Crippen molar-refractivity contribution in [2.45, 2.75) is 19.8 Å². The van der Waals surface area contributed by atoms with Crippen molar-refractivity contribution in [2.75, 3.05) is 12.4 Å². The summed E-state index contributed by atoms with van der Waals surface area (Å²) in [5, 5.41) is 2.58. The number of alkyl halides is 2. The molecule has 0 aliphatic heterocycles. The van der Waals surface area contributed by atoms with Gasteiger partial charge in [-0.25, -0.2) is 8.78 Å². The second-order valence-electron chi connectivity index (χ2n) is 4.84. The van der Waals surface area contributed by atoms with Crippen LogP contribution in [0, 0.1) is 0 Å². The van der Waals surface area contributed by atoms with Crippen molar-refractivity contribution in [3.63, 3.8) is 0 Å². The number of halogens is 2. The first-order valence-electron chi connectivity index (χ1n) is 7.68. The molecule has 2 rings (SSSR count). The number of nitrogens with zero attached hydrogens (tertiary/aromatic N) is 3. The molecule has 0 saturated carbocycles. The van der Waals surface area contributed by atoms with Gasteiger partial charge in [0, 0.05) is 36.9 Å². The summed E-state index contributed by atoms with van der Waals surface area (Å²) in [6.45, 7) is 5.86. The maximum Gasteiger partial charge on any atom is 0.274 e. The van der Waals surface area contributed by atoms with Gasteiger partial charge in [0.25, 0.3) is 12.3 Å². The van der Waals surface area contributed by atoms with Crippen molar-refractivity contribution in [3.8, 4) is 0 Å². The van der Waals surface area contributed by atoms with Crippen LogP contribution < -0.4 is 5.32 Å². The Labute approximate surface area is 155 Å². The fourth-order valence-corrected chi connectivity index (χ4v) is 1.93. The number of thioether (sulfide) groups is 1. The maximum atomic E-state index is 12.3. The molecular formula is C18H20F2N4OS. The lowest BCUT2D eigenvalue weighted by Gasteiger charge is -2.04. The van der Waals surface area contributed by atoms with Gasteiger partial charge in [0.2, 0.25) is 0 Å². The third kappa shape index (κ3) is 7.98. The Morgan fingerprint density at radius 3 is 2.54 bits per heavy atom. The minimum atomic E-state index is -2.59. The number of aliphatic imine (C=N–C) groups is 1. The van der Waals surface area contributed by atoms with Crippen LogP contribution in [0.3, 0.4) is 0 Å². The van der Waals surface area contributed by atoms with E-state index in [0.29, 0.717) is 5.69 Å². The van der Waals surface area contributed by atoms with E-state index in [2.05, 4.69) is 33.8 Å². The quantitative estimate of drug-likeness (QED) is 0.569. The summed E-state index contributed by atoms with van der Waals surface area (Å²) in [6, 6.07) is 5.67. The van der Waals surface area contributed by atoms with E-state index < -0.39 is 12.3 Å². The molecule has 2 heterocycles. The predicted octanol–water partition coefficient (Wildman–Crippen LogP) is 4.97. The van der Waals surface area contributed by atoms with Gasteiger partial charge >= 0.3 is 0 Å². The summed E-state index contributed by atoms with van der Waals surface area (Å²) in [5.74, 6) is -0.456. The predicted molar refractivity (Wildman–Crippen MR) is 103 cm³/mol. The molecule has 0 bridgehead atoms. The Morgan fingerprint density at radius 2 is 2.04 bits per heavy atom. The van der Waals surface area contributed by atoms with Gasteiger partial charge in [-0.3, -0.25) is 19.8 Å². The Morgan fingerprint density at radius 1 is 1.35 bits per heavy atom. The van der Waals surface area contributed by atoms with Crippen molar-refractivity contribution in [1.82, 2.24) is 9.97 Å². The largest absolute Gasteiger partial charge is 0.321 e. The van der Waals surface area contributed by atoms with Crippen LogP contribution in [-0.4, -0.2) is 28.5 Å². The molecule has 0 atom stereocenters. The second kappa shape index (κ2) is 11.9. The molecule has 26 heavy (non-hydrogen) atoms. The summed E-state index contributed by atoms with van der Waals surface area (Å²) in [4.78, 5) is 24.2. The lowest BCUT2D eigenvalue weighted by molar-refractivity contribution is 0.102. The highest BCUT2D eigenvalue weighted by molar-refractivity contribution is 8.15. The highest BCUT2D eigenvalue weighted by atomic mass is 32.2. The Balaban J connectivity index is 0.000000359. The number of amides is 1. The monoisotopic (exact) mass is 378 g/mol. The van der Waals surface area contributed by atoms with Crippen molar-refractivity contribution in [2.24, 2.45) is 4.99 Å². The van der Waals surface area contributed by atoms with E-state index in [1.54, 1.807) is 36.5 Å². The third-order valence-electron chi connectivity index (χ3n) is 2.93. The number of hydrogen-bond acceptors (Lipinski definition) is 5. The van der Waals surface area contributed by atoms with Crippen LogP contribution in [0.5, 0.6) is 0 Å². The van der Waals surface area contributed by atoms with Gasteiger partial charge in [0.05, 0.1) is 5.55 Å². The topological polar surface area (TPSA) is 67.2 Å². The summed E-state index contributed by atoms with van der Waals surface area (Å²) in [7, 11) is 1.76. The Kier molecular flexibility index (Phi) is 9.78. The zero-order valence-electron chi connectivity index (χ0n) is 14.5. The molecule has 0 saturated heterocycles. The molecule has 2 aromatic heterocycles. The van der Waals surface area contributed by atoms with Crippen LogP contribution in [-0.2, 0) is 0 Å². The van der Waals surface area contributed by atoms with E-state index in [4.69, 9.17) is 0 Å². The first-order valence-corrected chi connectivity index (χ1v) is 8.56. The molecule has 0 aliphatic rings. The van der Waals surface area contributed by atoms with Crippen LogP contribution >= 0.6 is 11.8 Å². The number of rotatable bonds is 6. The van der Waals surface area contributed by atoms with E-state index in [1.807, 2.05) is 0 Å². The number of nitrogens with one attached hydrogen (secondary N) is 1. The van der Waals surface area contributed by atoms with Gasteiger partial charge in [-0.15, -0.1) is 0 Å². The van der Waals surface area contributed by atoms with Gasteiger partial charge in [-0.2, -0.15) is 0 Å². The van der Waals surface area contributed by atoms with Crippen LogP contribution in [0.1, 0.15) is 35.8 Å². The van der Waals surface area contributed by atoms with Crippen LogP contribution in [0.25, 0.3) is 0 Å². The molecule has 1 N–H and O–H groups in total. The van der Waals surface area contributed by atoms with E-state index in [9.17, 15) is 13.6 Å². The number of aromatic nitrogens is 2. The van der Waals surface area contributed by atoms with E-state index in [1.165, 1.54) is 24.5 Å². The normalized spacial score (nSPS) is 10.3. The lowest BCUT2D eigenvalue weighted by Crippen LogP contribution is -2.13. The number of carbonyl (C=O) groups excluding carboxylic acids is 1. The van der Waals surface area contributed by atoms with Crippen molar-refractivity contribution < 1.29 is 13.6 Å². The van der Waals surface area contributed by atoms with E-state index in [-0.39, 0.29) is 11.3 Å². The average molecular weight is 378 g/mol. The zero-order valence-corrected chi connectivity index (χ0v) is 15.3. The minimum Gasteiger partial charge on any atom is -0.321 e. The minimum absolute atomic E-state index is 0.0798. The molecule has 0 aromatic carbocycles. The second-order valence-corrected chi connectivity index (χ2v) is 5.87. The third-order valence-corrected chi connectivity index (χ3v) is 3.87. The maximum absolute atomic E-state index is 12.3. The van der Waals surface area contributed by atoms with Crippen molar-refractivity contribution in [3.05, 3.63) is 65.6 Å². The average Bonchev–Trinajstić information content (AvgIpc) is 2.67. The summed E-state index contributed by atoms with van der Waals surface area (Å²) >= 11 is 1.59. The molecule has 0 aliphatic carbocycles. The van der Waals surface area contributed by atoms with Crippen LogP contribution in [0.15, 0.2) is 59.3 Å². The molecule has 2 aromatic rings. The zero-order chi connectivity index (χ0) is 19.4. The molecule has 0 fully saturated rings. The molecule has 138 valence electrons. The molecule has 0 radical (unpaired) electrons. The number of pyridine rings is 2. The van der Waals surface area contributed by atoms with Crippen molar-refractivity contribution >= 4 is 28.9 Å². The number of hydrogen-bond donors (Lipinski definition) is 1. The van der Waals surface area contributed by atoms with Gasteiger partial charge in [0.1, 0.15) is 5.69 Å². The van der Waals surface area contributed by atoms with Gasteiger partial charge in [-0.1, -0.05) is 25.3 Å². The van der Waals surface area contributed by atoms with Crippen molar-refractivity contribution in [1.29, 1.82) is 0 Å². The molecule has 0 unspecified atom stereocenters. The summed E-state index contributed by atoms with van der Waals surface area (Å²) in [5.41, 5.74) is 2.23. The summed E-state index contributed by atoms with van der Waals surface area (Å²) in [6.07, 6.45) is 2.49. The van der Waals surface area contributed by atoms with Gasteiger partial charge < -0.3 is 5.32 Å². The molecule has 5 nitrogen and oxygen atoms in total. The molecule has 8 heteroatoms. The first-order chi connectivity index (χ1) is 12.5. The highest BCUT2D eigenvalue weighted by Gasteiger charge is 2.11. The SMILES string of the molecule is C=C(CC)SC=NC.O=C(Nc1ccncc1)c1ccc(C(F)F)cn1. The van der Waals surface area contributed by atoms with Crippen LogP contribution in [0.2, 0.25) is 0 Å². The first kappa shape index (κ1) is 21.4. The van der Waals surface area contributed by atoms with Crippen LogP contribution in [0.4, 0.5) is 14.5 Å². The van der Waals surface area contributed by atoms with E-state index in [0.717, 1.165) is 17.5 Å². The molecule has 0 spiro atoms.